The number of nitrogens with one attached hydrogen (secondary N) is 2. The minimum atomic E-state index is -2.85. The summed E-state index contributed by atoms with van der Waals surface area (Å²) in [4.78, 5) is 16.0. The molecule has 0 fully saturated rings. The fourth-order valence-electron chi connectivity index (χ4n) is 1.75. The Bertz CT molecular complexity index is 632. The van der Waals surface area contributed by atoms with Crippen molar-refractivity contribution in [3.8, 4) is 5.75 Å². The number of amides is 1. The summed E-state index contributed by atoms with van der Waals surface area (Å²) >= 11 is 1.29. The van der Waals surface area contributed by atoms with Crippen LogP contribution in [0.4, 0.5) is 19.6 Å². The molecular weight excluding hydrogens is 324 g/mol. The highest BCUT2D eigenvalue weighted by Crippen LogP contribution is 2.23. The average molecular weight is 341 g/mol. The molecule has 1 aromatic heterocycles. The summed E-state index contributed by atoms with van der Waals surface area (Å²) in [5.41, 5.74) is 1.02. The van der Waals surface area contributed by atoms with Crippen LogP contribution >= 0.6 is 11.3 Å². The molecule has 1 amide bonds. The topological polar surface area (TPSA) is 63.2 Å². The summed E-state index contributed by atoms with van der Waals surface area (Å²) in [7, 11) is 0. The van der Waals surface area contributed by atoms with Crippen LogP contribution in [0.3, 0.4) is 0 Å². The third kappa shape index (κ3) is 5.48. The van der Waals surface area contributed by atoms with Crippen molar-refractivity contribution in [2.45, 2.75) is 26.4 Å². The van der Waals surface area contributed by atoms with Crippen LogP contribution < -0.4 is 15.4 Å². The van der Waals surface area contributed by atoms with Crippen molar-refractivity contribution >= 4 is 28.1 Å². The van der Waals surface area contributed by atoms with Crippen molar-refractivity contribution in [3.63, 3.8) is 0 Å². The van der Waals surface area contributed by atoms with Gasteiger partial charge in [0.05, 0.1) is 0 Å². The molecule has 0 saturated heterocycles. The SMILES string of the molecule is CCCCNC(=O)c1csc(Nc2ccc(OC(F)F)cc2)n1. The maximum absolute atomic E-state index is 12.1. The molecule has 0 saturated carbocycles. The summed E-state index contributed by atoms with van der Waals surface area (Å²) in [5.74, 6) is -0.121. The molecule has 23 heavy (non-hydrogen) atoms. The van der Waals surface area contributed by atoms with Gasteiger partial charge >= 0.3 is 6.61 Å². The Balaban J connectivity index is 1.92. The van der Waals surface area contributed by atoms with Crippen LogP contribution in [0, 0.1) is 0 Å². The lowest BCUT2D eigenvalue weighted by Crippen LogP contribution is -2.24. The predicted molar refractivity (Wildman–Crippen MR) is 85.7 cm³/mol. The number of halogens is 2. The van der Waals surface area contributed by atoms with E-state index in [-0.39, 0.29) is 11.7 Å². The van der Waals surface area contributed by atoms with E-state index in [9.17, 15) is 13.6 Å². The van der Waals surface area contributed by atoms with Crippen LogP contribution in [0.2, 0.25) is 0 Å². The third-order valence-electron chi connectivity index (χ3n) is 2.88. The zero-order valence-electron chi connectivity index (χ0n) is 12.5. The van der Waals surface area contributed by atoms with Gasteiger partial charge in [0.1, 0.15) is 11.4 Å². The van der Waals surface area contributed by atoms with Crippen LogP contribution in [0.1, 0.15) is 30.3 Å². The number of aromatic nitrogens is 1. The summed E-state index contributed by atoms with van der Waals surface area (Å²) in [6.07, 6.45) is 1.93. The van der Waals surface area contributed by atoms with Gasteiger partial charge in [-0.05, 0) is 30.7 Å². The molecule has 124 valence electrons. The number of unbranched alkanes of at least 4 members (excludes halogenated alkanes) is 1. The lowest BCUT2D eigenvalue weighted by Gasteiger charge is -2.06. The van der Waals surface area contributed by atoms with E-state index in [0.29, 0.717) is 23.1 Å². The lowest BCUT2D eigenvalue weighted by molar-refractivity contribution is -0.0498. The zero-order valence-corrected chi connectivity index (χ0v) is 13.3. The highest BCUT2D eigenvalue weighted by Gasteiger charge is 2.10. The van der Waals surface area contributed by atoms with Gasteiger partial charge in [-0.3, -0.25) is 4.79 Å². The Morgan fingerprint density at radius 3 is 2.74 bits per heavy atom. The van der Waals surface area contributed by atoms with Gasteiger partial charge in [0.2, 0.25) is 0 Å². The summed E-state index contributed by atoms with van der Waals surface area (Å²) in [5, 5.41) is 8.02. The highest BCUT2D eigenvalue weighted by atomic mass is 32.1. The molecule has 8 heteroatoms. The van der Waals surface area contributed by atoms with Crippen molar-refractivity contribution in [1.82, 2.24) is 10.3 Å². The van der Waals surface area contributed by atoms with Gasteiger partial charge in [-0.25, -0.2) is 4.98 Å². The molecule has 1 aromatic carbocycles. The van der Waals surface area contributed by atoms with Crippen LogP contribution in [-0.4, -0.2) is 24.0 Å². The van der Waals surface area contributed by atoms with Crippen LogP contribution in [0.15, 0.2) is 29.6 Å². The number of benzene rings is 1. The van der Waals surface area contributed by atoms with Crippen LogP contribution in [-0.2, 0) is 0 Å². The molecule has 0 spiro atoms. The van der Waals surface area contributed by atoms with Crippen molar-refractivity contribution in [3.05, 3.63) is 35.3 Å². The minimum absolute atomic E-state index is 0.0840. The normalized spacial score (nSPS) is 10.6. The Labute approximate surface area is 136 Å². The third-order valence-corrected chi connectivity index (χ3v) is 3.64. The van der Waals surface area contributed by atoms with E-state index >= 15 is 0 Å². The minimum Gasteiger partial charge on any atom is -0.435 e. The maximum atomic E-state index is 12.1. The molecule has 0 aliphatic rings. The number of anilines is 2. The molecule has 0 aliphatic carbocycles. The molecule has 0 atom stereocenters. The number of carbonyl (C=O) groups is 1. The second-order valence-corrected chi connectivity index (χ2v) is 5.53. The summed E-state index contributed by atoms with van der Waals surface area (Å²) in [6.45, 7) is -0.169. The molecule has 0 unspecified atom stereocenters. The standard InChI is InChI=1S/C15H17F2N3O2S/c1-2-3-8-18-13(21)12-9-23-15(20-12)19-10-4-6-11(7-5-10)22-14(16)17/h4-7,9,14H,2-3,8H2,1H3,(H,18,21)(H,19,20). The van der Waals surface area contributed by atoms with Gasteiger partial charge in [0, 0.05) is 17.6 Å². The fourth-order valence-corrected chi connectivity index (χ4v) is 2.46. The van der Waals surface area contributed by atoms with Gasteiger partial charge in [0.15, 0.2) is 5.13 Å². The number of nitrogens with zero attached hydrogens (tertiary/aromatic N) is 1. The van der Waals surface area contributed by atoms with E-state index in [1.54, 1.807) is 17.5 Å². The second-order valence-electron chi connectivity index (χ2n) is 4.68. The van der Waals surface area contributed by atoms with E-state index < -0.39 is 6.61 Å². The number of ether oxygens (including phenoxy) is 1. The van der Waals surface area contributed by atoms with Crippen molar-refractivity contribution in [2.75, 3.05) is 11.9 Å². The van der Waals surface area contributed by atoms with E-state index in [2.05, 4.69) is 27.3 Å². The fraction of sp³-hybridized carbons (Fsp3) is 0.333. The van der Waals surface area contributed by atoms with Gasteiger partial charge in [-0.2, -0.15) is 8.78 Å². The number of alkyl halides is 2. The Hall–Kier alpha value is -2.22. The first-order valence-electron chi connectivity index (χ1n) is 7.14. The van der Waals surface area contributed by atoms with E-state index in [1.807, 2.05) is 0 Å². The molecule has 1 heterocycles. The first kappa shape index (κ1) is 17.1. The van der Waals surface area contributed by atoms with Crippen molar-refractivity contribution in [1.29, 1.82) is 0 Å². The van der Waals surface area contributed by atoms with Gasteiger partial charge < -0.3 is 15.4 Å². The number of rotatable bonds is 8. The first-order chi connectivity index (χ1) is 11.1. The van der Waals surface area contributed by atoms with Gasteiger partial charge in [-0.15, -0.1) is 11.3 Å². The lowest BCUT2D eigenvalue weighted by atomic mass is 10.3. The van der Waals surface area contributed by atoms with Crippen molar-refractivity contribution < 1.29 is 18.3 Å². The first-order valence-corrected chi connectivity index (χ1v) is 8.02. The second kappa shape index (κ2) is 8.42. The summed E-state index contributed by atoms with van der Waals surface area (Å²) in [6, 6.07) is 6.06. The quantitative estimate of drug-likeness (QED) is 0.712. The van der Waals surface area contributed by atoms with Gasteiger partial charge in [0.25, 0.3) is 5.91 Å². The molecule has 0 radical (unpaired) electrons. The predicted octanol–water partition coefficient (Wildman–Crippen LogP) is 4.02. The molecule has 5 nitrogen and oxygen atoms in total. The summed E-state index contributed by atoms with van der Waals surface area (Å²) < 4.78 is 28.4. The molecule has 0 bridgehead atoms. The molecular formula is C15H17F2N3O2S. The molecule has 2 aromatic rings. The Morgan fingerprint density at radius 2 is 2.09 bits per heavy atom. The van der Waals surface area contributed by atoms with Crippen molar-refractivity contribution in [2.24, 2.45) is 0 Å². The van der Waals surface area contributed by atoms with E-state index in [0.717, 1.165) is 12.8 Å². The zero-order chi connectivity index (χ0) is 16.7. The van der Waals surface area contributed by atoms with Crippen LogP contribution in [0.25, 0.3) is 0 Å². The number of hydrogen-bond donors (Lipinski definition) is 2. The number of hydrogen-bond acceptors (Lipinski definition) is 5. The smallest absolute Gasteiger partial charge is 0.387 e. The Kier molecular flexibility index (Phi) is 6.28. The highest BCUT2D eigenvalue weighted by molar-refractivity contribution is 7.14. The van der Waals surface area contributed by atoms with E-state index in [4.69, 9.17) is 0 Å². The number of carbonyl (C=O) groups excluding carboxylic acids is 1. The molecule has 2 rings (SSSR count). The van der Waals surface area contributed by atoms with Gasteiger partial charge in [-0.1, -0.05) is 13.3 Å². The number of thiazole rings is 1. The molecule has 2 N–H and O–H groups in total. The molecule has 0 aliphatic heterocycles. The van der Waals surface area contributed by atoms with Crippen LogP contribution in [0.5, 0.6) is 5.75 Å². The maximum Gasteiger partial charge on any atom is 0.387 e. The Morgan fingerprint density at radius 1 is 1.35 bits per heavy atom. The monoisotopic (exact) mass is 341 g/mol. The van der Waals surface area contributed by atoms with E-state index in [1.165, 1.54) is 23.5 Å². The largest absolute Gasteiger partial charge is 0.435 e. The average Bonchev–Trinajstić information content (AvgIpc) is 2.97.